The molecule has 1 aromatic heterocycles. The summed E-state index contributed by atoms with van der Waals surface area (Å²) in [6.45, 7) is 0.593. The molecular formula is C7H9IN4. The second-order valence-electron chi connectivity index (χ2n) is 2.35. The Kier molecular flexibility index (Phi) is 3.49. The Balaban J connectivity index is 2.58. The zero-order chi connectivity index (χ0) is 8.97. The average Bonchev–Trinajstić information content (AvgIpc) is 2.47. The van der Waals surface area contributed by atoms with E-state index in [1.165, 1.54) is 0 Å². The van der Waals surface area contributed by atoms with Crippen LogP contribution in [0.1, 0.15) is 0 Å². The van der Waals surface area contributed by atoms with Gasteiger partial charge < -0.3 is 5.32 Å². The Hall–Kier alpha value is -0.610. The van der Waals surface area contributed by atoms with Crippen molar-refractivity contribution >= 4 is 22.6 Å². The summed E-state index contributed by atoms with van der Waals surface area (Å²) in [5.74, 6) is 0. The molecule has 1 unspecified atom stereocenters. The molecule has 1 atom stereocenters. The number of rotatable bonds is 3. The lowest BCUT2D eigenvalue weighted by molar-refractivity contribution is 0.522. The van der Waals surface area contributed by atoms with Gasteiger partial charge in [0.15, 0.2) is 0 Å². The van der Waals surface area contributed by atoms with Crippen LogP contribution in [0.2, 0.25) is 0 Å². The summed E-state index contributed by atoms with van der Waals surface area (Å²) >= 11 is 2.18. The third kappa shape index (κ3) is 2.46. The first kappa shape index (κ1) is 9.48. The van der Waals surface area contributed by atoms with Crippen LogP contribution in [0.15, 0.2) is 12.4 Å². The topological polar surface area (TPSA) is 53.6 Å². The van der Waals surface area contributed by atoms with E-state index in [1.54, 1.807) is 17.9 Å². The fourth-order valence-corrected chi connectivity index (χ4v) is 1.27. The molecule has 0 aromatic carbocycles. The number of hydrogen-bond donors (Lipinski definition) is 1. The summed E-state index contributed by atoms with van der Waals surface area (Å²) in [5.41, 5.74) is 0. The lowest BCUT2D eigenvalue weighted by atomic mass is 10.3. The molecule has 0 aliphatic carbocycles. The maximum atomic E-state index is 8.64. The van der Waals surface area contributed by atoms with Crippen LogP contribution in [0.5, 0.6) is 0 Å². The van der Waals surface area contributed by atoms with Crippen molar-refractivity contribution in [2.45, 2.75) is 12.6 Å². The summed E-state index contributed by atoms with van der Waals surface area (Å²) in [5, 5.41) is 15.6. The van der Waals surface area contributed by atoms with Crippen molar-refractivity contribution in [1.29, 1.82) is 5.26 Å². The summed E-state index contributed by atoms with van der Waals surface area (Å²) in [6, 6.07) is 1.97. The first-order valence-corrected chi connectivity index (χ1v) is 4.59. The Labute approximate surface area is 84.7 Å². The van der Waals surface area contributed by atoms with E-state index in [4.69, 9.17) is 5.26 Å². The molecule has 0 amide bonds. The number of nitriles is 1. The number of likely N-dealkylation sites (N-methyl/N-ethyl adjacent to an activating group) is 1. The van der Waals surface area contributed by atoms with Gasteiger partial charge in [0, 0.05) is 6.20 Å². The van der Waals surface area contributed by atoms with Crippen LogP contribution in [0.25, 0.3) is 0 Å². The van der Waals surface area contributed by atoms with Crippen molar-refractivity contribution in [3.8, 4) is 6.07 Å². The van der Waals surface area contributed by atoms with Gasteiger partial charge in [0.2, 0.25) is 0 Å². The molecule has 1 heterocycles. The van der Waals surface area contributed by atoms with Gasteiger partial charge in [-0.3, -0.25) is 4.68 Å². The van der Waals surface area contributed by atoms with E-state index in [-0.39, 0.29) is 6.04 Å². The Morgan fingerprint density at radius 3 is 3.08 bits per heavy atom. The second-order valence-corrected chi connectivity index (χ2v) is 3.60. The van der Waals surface area contributed by atoms with Crippen molar-refractivity contribution < 1.29 is 0 Å². The monoisotopic (exact) mass is 276 g/mol. The van der Waals surface area contributed by atoms with Gasteiger partial charge in [0.25, 0.3) is 0 Å². The molecule has 0 saturated heterocycles. The Morgan fingerprint density at radius 1 is 1.92 bits per heavy atom. The van der Waals surface area contributed by atoms with Crippen LogP contribution in [0.4, 0.5) is 0 Å². The van der Waals surface area contributed by atoms with Crippen LogP contribution in [-0.4, -0.2) is 22.9 Å². The molecule has 0 aliphatic heterocycles. The molecule has 0 bridgehead atoms. The van der Waals surface area contributed by atoms with Gasteiger partial charge in [0.05, 0.1) is 22.4 Å². The highest BCUT2D eigenvalue weighted by Crippen LogP contribution is 2.01. The highest BCUT2D eigenvalue weighted by molar-refractivity contribution is 14.1. The van der Waals surface area contributed by atoms with E-state index in [1.807, 2.05) is 6.20 Å². The van der Waals surface area contributed by atoms with Gasteiger partial charge in [-0.1, -0.05) is 0 Å². The molecule has 0 fully saturated rings. The van der Waals surface area contributed by atoms with Crippen molar-refractivity contribution in [2.75, 3.05) is 7.05 Å². The normalized spacial score (nSPS) is 12.4. The van der Waals surface area contributed by atoms with Crippen molar-refractivity contribution in [3.63, 3.8) is 0 Å². The predicted octanol–water partition coefficient (Wildman–Crippen LogP) is 0.599. The van der Waals surface area contributed by atoms with Crippen LogP contribution in [-0.2, 0) is 6.54 Å². The molecule has 0 radical (unpaired) electrons. The zero-order valence-corrected chi connectivity index (χ0v) is 8.82. The third-order valence-electron chi connectivity index (χ3n) is 1.48. The number of aromatic nitrogens is 2. The fraction of sp³-hybridized carbons (Fsp3) is 0.429. The molecule has 64 valence electrons. The Morgan fingerprint density at radius 2 is 2.67 bits per heavy atom. The van der Waals surface area contributed by atoms with Crippen LogP contribution >= 0.6 is 22.6 Å². The molecule has 4 nitrogen and oxygen atoms in total. The van der Waals surface area contributed by atoms with Crippen molar-refractivity contribution in [2.24, 2.45) is 0 Å². The fourth-order valence-electron chi connectivity index (χ4n) is 0.822. The lowest BCUT2D eigenvalue weighted by Gasteiger charge is -2.06. The minimum absolute atomic E-state index is 0.166. The van der Waals surface area contributed by atoms with Crippen molar-refractivity contribution in [3.05, 3.63) is 16.0 Å². The van der Waals surface area contributed by atoms with Gasteiger partial charge in [0.1, 0.15) is 6.04 Å². The number of hydrogen-bond acceptors (Lipinski definition) is 3. The van der Waals surface area contributed by atoms with Gasteiger partial charge in [-0.25, -0.2) is 0 Å². The minimum Gasteiger partial charge on any atom is -0.303 e. The molecule has 12 heavy (non-hydrogen) atoms. The van der Waals surface area contributed by atoms with E-state index in [0.717, 1.165) is 3.57 Å². The van der Waals surface area contributed by atoms with Gasteiger partial charge in [-0.05, 0) is 29.6 Å². The van der Waals surface area contributed by atoms with E-state index in [9.17, 15) is 0 Å². The van der Waals surface area contributed by atoms with Crippen molar-refractivity contribution in [1.82, 2.24) is 15.1 Å². The summed E-state index contributed by atoms with van der Waals surface area (Å²) in [4.78, 5) is 0. The molecular weight excluding hydrogens is 267 g/mol. The van der Waals surface area contributed by atoms with E-state index in [2.05, 4.69) is 39.1 Å². The minimum atomic E-state index is -0.166. The highest BCUT2D eigenvalue weighted by Gasteiger charge is 2.04. The number of halogens is 1. The predicted molar refractivity (Wildman–Crippen MR) is 53.4 cm³/mol. The number of nitrogens with zero attached hydrogens (tertiary/aromatic N) is 3. The summed E-state index contributed by atoms with van der Waals surface area (Å²) in [6.07, 6.45) is 3.67. The molecule has 1 N–H and O–H groups in total. The quantitative estimate of drug-likeness (QED) is 0.822. The molecule has 1 rings (SSSR count). The molecule has 0 spiro atoms. The van der Waals surface area contributed by atoms with E-state index >= 15 is 0 Å². The lowest BCUT2D eigenvalue weighted by Crippen LogP contribution is -2.28. The molecule has 5 heteroatoms. The molecule has 0 saturated carbocycles. The molecule has 0 aliphatic rings. The Bertz CT molecular complexity index is 288. The van der Waals surface area contributed by atoms with E-state index < -0.39 is 0 Å². The first-order chi connectivity index (χ1) is 5.76. The smallest absolute Gasteiger partial charge is 0.115 e. The third-order valence-corrected chi connectivity index (χ3v) is 2.03. The van der Waals surface area contributed by atoms with Gasteiger partial charge in [-0.2, -0.15) is 10.4 Å². The van der Waals surface area contributed by atoms with Crippen LogP contribution in [0, 0.1) is 14.9 Å². The van der Waals surface area contributed by atoms with Gasteiger partial charge in [-0.15, -0.1) is 0 Å². The first-order valence-electron chi connectivity index (χ1n) is 3.51. The highest BCUT2D eigenvalue weighted by atomic mass is 127. The summed E-state index contributed by atoms with van der Waals surface area (Å²) in [7, 11) is 1.77. The second kappa shape index (κ2) is 4.42. The largest absolute Gasteiger partial charge is 0.303 e. The SMILES string of the molecule is CNC(C#N)Cn1cc(I)cn1. The maximum Gasteiger partial charge on any atom is 0.115 e. The van der Waals surface area contributed by atoms with E-state index in [0.29, 0.717) is 6.54 Å². The molecule has 1 aromatic rings. The van der Waals surface area contributed by atoms with Crippen LogP contribution < -0.4 is 5.32 Å². The number of nitrogens with one attached hydrogen (secondary N) is 1. The van der Waals surface area contributed by atoms with Crippen LogP contribution in [0.3, 0.4) is 0 Å². The summed E-state index contributed by atoms with van der Waals surface area (Å²) < 4.78 is 2.84. The maximum absolute atomic E-state index is 8.64. The zero-order valence-electron chi connectivity index (χ0n) is 6.66. The average molecular weight is 276 g/mol. The standard InChI is InChI=1S/C7H9IN4/c1-10-7(2-9)5-12-4-6(8)3-11-12/h3-4,7,10H,5H2,1H3. The van der Waals surface area contributed by atoms with Gasteiger partial charge >= 0.3 is 0 Å².